The smallest absolute Gasteiger partial charge is 0.347 e. The highest BCUT2D eigenvalue weighted by molar-refractivity contribution is 6.15. The van der Waals surface area contributed by atoms with Gasteiger partial charge in [-0.25, -0.2) is 19.2 Å². The fourth-order valence-electron chi connectivity index (χ4n) is 6.38. The summed E-state index contributed by atoms with van der Waals surface area (Å²) in [6.45, 7) is 6.66. The minimum Gasteiger partial charge on any atom is -0.457 e. The van der Waals surface area contributed by atoms with Crippen molar-refractivity contribution < 1.29 is 38.1 Å². The normalized spacial score (nSPS) is 19.6. The summed E-state index contributed by atoms with van der Waals surface area (Å²) in [6, 6.07) is 23.2. The van der Waals surface area contributed by atoms with Crippen molar-refractivity contribution in [2.24, 2.45) is 0 Å². The van der Waals surface area contributed by atoms with Crippen LogP contribution >= 0.6 is 0 Å². The van der Waals surface area contributed by atoms with Crippen molar-refractivity contribution in [2.45, 2.75) is 38.0 Å². The Labute approximate surface area is 240 Å². The Morgan fingerprint density at radius 1 is 0.524 bits per heavy atom. The molecule has 4 aromatic carbocycles. The second-order valence-corrected chi connectivity index (χ2v) is 11.6. The van der Waals surface area contributed by atoms with Crippen LogP contribution in [0.4, 0.5) is 0 Å². The second-order valence-electron chi connectivity index (χ2n) is 11.6. The number of carbonyl (C=O) groups excluding carboxylic acids is 4. The van der Waals surface area contributed by atoms with Crippen molar-refractivity contribution in [3.63, 3.8) is 0 Å². The predicted octanol–water partition coefficient (Wildman–Crippen LogP) is 6.88. The minimum atomic E-state index is -0.677. The van der Waals surface area contributed by atoms with Gasteiger partial charge in [0.2, 0.25) is 0 Å². The number of ether oxygens (including phenoxy) is 4. The first-order valence-corrected chi connectivity index (χ1v) is 13.4. The van der Waals surface area contributed by atoms with Crippen LogP contribution in [0.25, 0.3) is 0 Å². The Hall–Kier alpha value is -5.24. The molecule has 0 amide bonds. The second kappa shape index (κ2) is 8.88. The molecule has 0 unspecified atom stereocenters. The van der Waals surface area contributed by atoms with E-state index >= 15 is 0 Å². The summed E-state index contributed by atoms with van der Waals surface area (Å²) in [6.07, 6.45) is 0.868. The van der Waals surface area contributed by atoms with Crippen molar-refractivity contribution in [3.8, 4) is 23.0 Å². The SMILES string of the molecule is CC1(C)C[C@](C)(c2ccc(Oc3ccc4c(c3)C(=O)OC4=O)cc2)c2cc(Oc3ccc4c(c3)C(=O)OC4=O)ccc21. The lowest BCUT2D eigenvalue weighted by Crippen LogP contribution is -2.23. The standard InChI is InChI=1S/C34H24O8/c1-33(2)17-34(3,18-4-6-19(7-5-18)39-20-8-11-23-25(14-20)31(37)41-29(23)35)28-16-22(10-13-27(28)33)40-21-9-12-24-26(15-21)32(38)42-30(24)36/h4-16H,17H2,1-3H3/t34-/m1/s1. The number of esters is 4. The highest BCUT2D eigenvalue weighted by Gasteiger charge is 2.46. The van der Waals surface area contributed by atoms with Gasteiger partial charge in [-0.2, -0.15) is 0 Å². The molecule has 1 atom stereocenters. The van der Waals surface area contributed by atoms with E-state index in [1.165, 1.54) is 29.8 Å². The van der Waals surface area contributed by atoms with E-state index < -0.39 is 23.9 Å². The van der Waals surface area contributed by atoms with Gasteiger partial charge in [-0.1, -0.05) is 39.0 Å². The van der Waals surface area contributed by atoms with Crippen molar-refractivity contribution in [2.75, 3.05) is 0 Å². The molecule has 0 saturated heterocycles. The van der Waals surface area contributed by atoms with Crippen LogP contribution < -0.4 is 9.47 Å². The number of hydrogen-bond acceptors (Lipinski definition) is 8. The minimum absolute atomic E-state index is 0.0913. The summed E-state index contributed by atoms with van der Waals surface area (Å²) in [5.74, 6) is -0.592. The number of hydrogen-bond donors (Lipinski definition) is 0. The summed E-state index contributed by atoms with van der Waals surface area (Å²) >= 11 is 0. The third-order valence-corrected chi connectivity index (χ3v) is 8.31. The molecule has 0 N–H and O–H groups in total. The van der Waals surface area contributed by atoms with E-state index in [-0.39, 0.29) is 33.1 Å². The molecule has 208 valence electrons. The topological polar surface area (TPSA) is 105 Å². The predicted molar refractivity (Wildman–Crippen MR) is 150 cm³/mol. The van der Waals surface area contributed by atoms with E-state index in [2.05, 4.69) is 31.6 Å². The summed E-state index contributed by atoms with van der Waals surface area (Å²) < 4.78 is 21.5. The quantitative estimate of drug-likeness (QED) is 0.192. The molecule has 4 aromatic rings. The van der Waals surface area contributed by atoms with Crippen LogP contribution in [-0.4, -0.2) is 23.9 Å². The van der Waals surface area contributed by atoms with Crippen LogP contribution in [0.15, 0.2) is 78.9 Å². The largest absolute Gasteiger partial charge is 0.457 e. The van der Waals surface area contributed by atoms with E-state index in [1.54, 1.807) is 12.1 Å². The lowest BCUT2D eigenvalue weighted by Gasteiger charge is -2.28. The van der Waals surface area contributed by atoms with Gasteiger partial charge in [-0.15, -0.1) is 0 Å². The number of rotatable bonds is 5. The molecule has 3 aliphatic rings. The zero-order valence-electron chi connectivity index (χ0n) is 23.0. The van der Waals surface area contributed by atoms with Crippen LogP contribution in [-0.2, 0) is 20.3 Å². The van der Waals surface area contributed by atoms with Gasteiger partial charge < -0.3 is 18.9 Å². The first kappa shape index (κ1) is 25.7. The van der Waals surface area contributed by atoms with E-state index in [0.717, 1.165) is 17.5 Å². The number of benzene rings is 4. The molecule has 0 aromatic heterocycles. The molecule has 42 heavy (non-hydrogen) atoms. The summed E-state index contributed by atoms with van der Waals surface area (Å²) in [5.41, 5.74) is 3.89. The summed E-state index contributed by atoms with van der Waals surface area (Å²) in [4.78, 5) is 47.4. The molecule has 0 spiro atoms. The van der Waals surface area contributed by atoms with Crippen molar-refractivity contribution >= 4 is 23.9 Å². The molecule has 1 aliphatic carbocycles. The van der Waals surface area contributed by atoms with Crippen LogP contribution in [0.5, 0.6) is 23.0 Å². The van der Waals surface area contributed by atoms with Gasteiger partial charge in [0, 0.05) is 5.41 Å². The molecule has 0 fully saturated rings. The Bertz CT molecular complexity index is 1870. The Morgan fingerprint density at radius 2 is 0.976 bits per heavy atom. The fourth-order valence-corrected chi connectivity index (χ4v) is 6.38. The maximum Gasteiger partial charge on any atom is 0.347 e. The highest BCUT2D eigenvalue weighted by Crippen LogP contribution is 2.54. The molecular formula is C34H24O8. The van der Waals surface area contributed by atoms with Crippen molar-refractivity contribution in [1.29, 1.82) is 0 Å². The molecule has 0 radical (unpaired) electrons. The molecule has 0 saturated carbocycles. The van der Waals surface area contributed by atoms with E-state index in [4.69, 9.17) is 14.2 Å². The van der Waals surface area contributed by atoms with Crippen LogP contribution in [0, 0.1) is 0 Å². The molecule has 2 heterocycles. The molecular weight excluding hydrogens is 536 g/mol. The van der Waals surface area contributed by atoms with E-state index in [9.17, 15) is 19.2 Å². The Balaban J connectivity index is 1.17. The first-order chi connectivity index (χ1) is 20.0. The zero-order chi connectivity index (χ0) is 29.4. The first-order valence-electron chi connectivity index (χ1n) is 13.4. The van der Waals surface area contributed by atoms with Crippen LogP contribution in [0.1, 0.15) is 85.3 Å². The van der Waals surface area contributed by atoms with E-state index in [1.807, 2.05) is 36.4 Å². The highest BCUT2D eigenvalue weighted by atomic mass is 16.6. The van der Waals surface area contributed by atoms with Crippen molar-refractivity contribution in [3.05, 3.63) is 118 Å². The third kappa shape index (κ3) is 3.98. The number of cyclic esters (lactones) is 4. The van der Waals surface area contributed by atoms with E-state index in [0.29, 0.717) is 23.0 Å². The molecule has 2 aliphatic heterocycles. The lowest BCUT2D eigenvalue weighted by molar-refractivity contribution is 0.0425. The molecule has 8 heteroatoms. The maximum atomic E-state index is 12.0. The van der Waals surface area contributed by atoms with Crippen molar-refractivity contribution in [1.82, 2.24) is 0 Å². The molecule has 8 nitrogen and oxygen atoms in total. The van der Waals surface area contributed by atoms with Gasteiger partial charge in [0.1, 0.15) is 23.0 Å². The summed E-state index contributed by atoms with van der Waals surface area (Å²) in [7, 11) is 0. The average molecular weight is 561 g/mol. The fraction of sp³-hybridized carbons (Fsp3) is 0.176. The van der Waals surface area contributed by atoms with Gasteiger partial charge in [0.25, 0.3) is 0 Å². The van der Waals surface area contributed by atoms with Crippen LogP contribution in [0.3, 0.4) is 0 Å². The van der Waals surface area contributed by atoms with Gasteiger partial charge >= 0.3 is 23.9 Å². The molecule has 0 bridgehead atoms. The lowest BCUT2D eigenvalue weighted by atomic mass is 9.75. The number of fused-ring (bicyclic) bond motifs is 3. The average Bonchev–Trinajstić information content (AvgIpc) is 3.49. The zero-order valence-corrected chi connectivity index (χ0v) is 23.0. The monoisotopic (exact) mass is 560 g/mol. The Kier molecular flexibility index (Phi) is 5.43. The Morgan fingerprint density at radius 3 is 1.55 bits per heavy atom. The number of carbonyl (C=O) groups is 4. The van der Waals surface area contributed by atoms with Gasteiger partial charge in [-0.05, 0) is 89.2 Å². The van der Waals surface area contributed by atoms with Gasteiger partial charge in [-0.3, -0.25) is 0 Å². The van der Waals surface area contributed by atoms with Crippen LogP contribution in [0.2, 0.25) is 0 Å². The maximum absolute atomic E-state index is 12.0. The summed E-state index contributed by atoms with van der Waals surface area (Å²) in [5, 5.41) is 0. The molecule has 7 rings (SSSR count). The van der Waals surface area contributed by atoms with Gasteiger partial charge in [0.05, 0.1) is 22.3 Å². The third-order valence-electron chi connectivity index (χ3n) is 8.31. The van der Waals surface area contributed by atoms with Gasteiger partial charge in [0.15, 0.2) is 0 Å².